The first-order chi connectivity index (χ1) is 9.61. The summed E-state index contributed by atoms with van der Waals surface area (Å²) in [7, 11) is 0. The quantitative estimate of drug-likeness (QED) is 0.880. The molecule has 0 saturated carbocycles. The van der Waals surface area contributed by atoms with Gasteiger partial charge in [-0.25, -0.2) is 14.8 Å². The number of nitrogens with zero attached hydrogens (tertiary/aromatic N) is 2. The van der Waals surface area contributed by atoms with Crippen molar-refractivity contribution >= 4 is 29.1 Å². The van der Waals surface area contributed by atoms with Crippen LogP contribution in [0.25, 0.3) is 0 Å². The molecule has 0 aromatic carbocycles. The van der Waals surface area contributed by atoms with Crippen LogP contribution in [0, 0.1) is 6.92 Å². The summed E-state index contributed by atoms with van der Waals surface area (Å²) in [6.07, 6.45) is 2.60. The first-order valence-corrected chi connectivity index (χ1v) is 7.71. The van der Waals surface area contributed by atoms with Gasteiger partial charge in [0.1, 0.15) is 9.90 Å². The lowest BCUT2D eigenvalue weighted by atomic mass is 10.4. The molecule has 7 heteroatoms. The number of hydrogen-bond acceptors (Lipinski definition) is 6. The summed E-state index contributed by atoms with van der Waals surface area (Å²) < 4.78 is 6.27. The van der Waals surface area contributed by atoms with Crippen molar-refractivity contribution in [1.82, 2.24) is 9.97 Å². The van der Waals surface area contributed by atoms with Gasteiger partial charge in [0.15, 0.2) is 10.1 Å². The van der Waals surface area contributed by atoms with Crippen LogP contribution in [0.15, 0.2) is 27.7 Å². The lowest BCUT2D eigenvalue weighted by Crippen LogP contribution is -1.97. The van der Waals surface area contributed by atoms with E-state index in [0.717, 1.165) is 17.8 Å². The molecule has 0 unspecified atom stereocenters. The summed E-state index contributed by atoms with van der Waals surface area (Å²) in [6, 6.07) is 3.66. The Morgan fingerprint density at radius 2 is 2.35 bits per heavy atom. The van der Waals surface area contributed by atoms with Crippen molar-refractivity contribution in [3.63, 3.8) is 0 Å². The van der Waals surface area contributed by atoms with Crippen molar-refractivity contribution in [3.05, 3.63) is 28.9 Å². The SMILES string of the molecule is CCCOc1cccnc1Sc1nc(C)c(C(=O)O)s1. The lowest BCUT2D eigenvalue weighted by Gasteiger charge is -2.07. The first kappa shape index (κ1) is 14.8. The van der Waals surface area contributed by atoms with Crippen molar-refractivity contribution in [1.29, 1.82) is 0 Å². The zero-order valence-corrected chi connectivity index (χ0v) is 12.8. The second kappa shape index (κ2) is 6.71. The van der Waals surface area contributed by atoms with Gasteiger partial charge in [0.2, 0.25) is 0 Å². The molecule has 0 aliphatic carbocycles. The van der Waals surface area contributed by atoms with Crippen LogP contribution < -0.4 is 4.74 Å². The van der Waals surface area contributed by atoms with Gasteiger partial charge in [0.25, 0.3) is 0 Å². The van der Waals surface area contributed by atoms with Gasteiger partial charge in [-0.05, 0) is 37.2 Å². The Labute approximate surface area is 125 Å². The third-order valence-electron chi connectivity index (χ3n) is 2.35. The van der Waals surface area contributed by atoms with Crippen LogP contribution >= 0.6 is 23.1 Å². The average Bonchev–Trinajstić information content (AvgIpc) is 2.79. The molecule has 2 heterocycles. The number of rotatable bonds is 6. The highest BCUT2D eigenvalue weighted by atomic mass is 32.2. The molecule has 20 heavy (non-hydrogen) atoms. The van der Waals surface area contributed by atoms with Crippen LogP contribution in [-0.4, -0.2) is 27.7 Å². The predicted molar refractivity (Wildman–Crippen MR) is 78.0 cm³/mol. The monoisotopic (exact) mass is 310 g/mol. The molecule has 0 spiro atoms. The number of pyridine rings is 1. The summed E-state index contributed by atoms with van der Waals surface area (Å²) in [5, 5.41) is 9.74. The lowest BCUT2D eigenvalue weighted by molar-refractivity contribution is 0.0701. The second-order valence-corrected chi connectivity index (χ2v) is 6.19. The molecule has 0 saturated heterocycles. The molecular weight excluding hydrogens is 296 g/mol. The molecule has 2 aromatic rings. The van der Waals surface area contributed by atoms with Gasteiger partial charge in [-0.1, -0.05) is 18.3 Å². The zero-order chi connectivity index (χ0) is 14.5. The molecule has 2 rings (SSSR count). The third kappa shape index (κ3) is 3.49. The van der Waals surface area contributed by atoms with Crippen LogP contribution in [-0.2, 0) is 0 Å². The summed E-state index contributed by atoms with van der Waals surface area (Å²) in [5.41, 5.74) is 0.525. The molecule has 5 nitrogen and oxygen atoms in total. The number of thiazole rings is 1. The van der Waals surface area contributed by atoms with Gasteiger partial charge in [-0.15, -0.1) is 0 Å². The highest BCUT2D eigenvalue weighted by molar-refractivity contribution is 8.01. The molecule has 0 atom stereocenters. The van der Waals surface area contributed by atoms with Crippen LogP contribution in [0.3, 0.4) is 0 Å². The van der Waals surface area contributed by atoms with E-state index in [4.69, 9.17) is 9.84 Å². The summed E-state index contributed by atoms with van der Waals surface area (Å²) in [6.45, 7) is 4.35. The number of carbonyl (C=O) groups is 1. The van der Waals surface area contributed by atoms with Gasteiger partial charge in [-0.3, -0.25) is 0 Å². The fourth-order valence-electron chi connectivity index (χ4n) is 1.47. The van der Waals surface area contributed by atoms with Crippen molar-refractivity contribution in [2.75, 3.05) is 6.61 Å². The number of carboxylic acid groups (broad SMARTS) is 1. The highest BCUT2D eigenvalue weighted by Gasteiger charge is 2.16. The fraction of sp³-hybridized carbons (Fsp3) is 0.308. The maximum atomic E-state index is 11.0. The van der Waals surface area contributed by atoms with E-state index in [9.17, 15) is 4.79 Å². The maximum absolute atomic E-state index is 11.0. The van der Waals surface area contributed by atoms with Crippen molar-refractivity contribution < 1.29 is 14.6 Å². The molecule has 0 amide bonds. The van der Waals surface area contributed by atoms with Gasteiger partial charge < -0.3 is 9.84 Å². The Bertz CT molecular complexity index is 613. The first-order valence-electron chi connectivity index (χ1n) is 6.08. The Hall–Kier alpha value is -1.60. The zero-order valence-electron chi connectivity index (χ0n) is 11.1. The number of aryl methyl sites for hydroxylation is 1. The molecular formula is C13H14N2O3S2. The standard InChI is InChI=1S/C13H14N2O3S2/c1-3-7-18-9-5-4-6-14-11(9)20-13-15-8(2)10(19-13)12(16)17/h4-6H,3,7H2,1-2H3,(H,16,17). The van der Waals surface area contributed by atoms with E-state index < -0.39 is 5.97 Å². The van der Waals surface area contributed by atoms with E-state index in [1.54, 1.807) is 13.1 Å². The topological polar surface area (TPSA) is 72.3 Å². The summed E-state index contributed by atoms with van der Waals surface area (Å²) >= 11 is 2.48. The summed E-state index contributed by atoms with van der Waals surface area (Å²) in [5.74, 6) is -0.251. The van der Waals surface area contributed by atoms with Gasteiger partial charge in [0.05, 0.1) is 12.3 Å². The van der Waals surface area contributed by atoms with Gasteiger partial charge in [-0.2, -0.15) is 0 Å². The van der Waals surface area contributed by atoms with E-state index in [1.807, 2.05) is 19.1 Å². The van der Waals surface area contributed by atoms with Crippen molar-refractivity contribution in [2.45, 2.75) is 29.6 Å². The molecule has 1 N–H and O–H groups in total. The number of hydrogen-bond donors (Lipinski definition) is 1. The van der Waals surface area contributed by atoms with Crippen molar-refractivity contribution in [3.8, 4) is 5.75 Å². The molecule has 2 aromatic heterocycles. The fourth-order valence-corrected chi connectivity index (χ4v) is 3.45. The minimum Gasteiger partial charge on any atom is -0.491 e. The van der Waals surface area contributed by atoms with E-state index >= 15 is 0 Å². The Balaban J connectivity index is 2.21. The average molecular weight is 310 g/mol. The molecule has 0 radical (unpaired) electrons. The minimum atomic E-state index is -0.949. The molecule has 0 bridgehead atoms. The number of aromatic nitrogens is 2. The number of aromatic carboxylic acids is 1. The molecule has 106 valence electrons. The van der Waals surface area contributed by atoms with Crippen molar-refractivity contribution in [2.24, 2.45) is 0 Å². The van der Waals surface area contributed by atoms with E-state index in [2.05, 4.69) is 9.97 Å². The summed E-state index contributed by atoms with van der Waals surface area (Å²) in [4.78, 5) is 19.8. The van der Waals surface area contributed by atoms with Crippen LogP contribution in [0.1, 0.15) is 28.7 Å². The van der Waals surface area contributed by atoms with Crippen LogP contribution in [0.2, 0.25) is 0 Å². The second-order valence-electron chi connectivity index (χ2n) is 3.96. The Kier molecular flexibility index (Phi) is 4.97. The minimum absolute atomic E-state index is 0.263. The molecule has 0 fully saturated rings. The highest BCUT2D eigenvalue weighted by Crippen LogP contribution is 2.36. The van der Waals surface area contributed by atoms with Crippen LogP contribution in [0.5, 0.6) is 5.75 Å². The number of carboxylic acids is 1. The smallest absolute Gasteiger partial charge is 0.347 e. The van der Waals surface area contributed by atoms with E-state index in [1.165, 1.54) is 11.8 Å². The largest absolute Gasteiger partial charge is 0.491 e. The molecule has 0 aliphatic rings. The predicted octanol–water partition coefficient (Wildman–Crippen LogP) is 3.48. The maximum Gasteiger partial charge on any atom is 0.347 e. The normalized spacial score (nSPS) is 10.5. The van der Waals surface area contributed by atoms with Gasteiger partial charge in [0, 0.05) is 6.20 Å². The van der Waals surface area contributed by atoms with E-state index in [0.29, 0.717) is 27.4 Å². The number of ether oxygens (including phenoxy) is 1. The Morgan fingerprint density at radius 3 is 3.00 bits per heavy atom. The molecule has 0 aliphatic heterocycles. The Morgan fingerprint density at radius 1 is 1.55 bits per heavy atom. The van der Waals surface area contributed by atoms with E-state index in [-0.39, 0.29) is 4.88 Å². The third-order valence-corrected chi connectivity index (χ3v) is 4.56. The van der Waals surface area contributed by atoms with Gasteiger partial charge >= 0.3 is 5.97 Å². The van der Waals surface area contributed by atoms with Crippen LogP contribution in [0.4, 0.5) is 0 Å².